The van der Waals surface area contributed by atoms with E-state index in [4.69, 9.17) is 9.47 Å². The summed E-state index contributed by atoms with van der Waals surface area (Å²) in [4.78, 5) is 37.9. The van der Waals surface area contributed by atoms with Crippen LogP contribution in [0.2, 0.25) is 0 Å². The van der Waals surface area contributed by atoms with E-state index in [2.05, 4.69) is 10.6 Å². The number of alkyl carbamates (subject to hydrolysis) is 1. The number of methoxy groups -OCH3 is 1. The van der Waals surface area contributed by atoms with Crippen molar-refractivity contribution in [3.05, 3.63) is 95.6 Å². The minimum atomic E-state index is -3.93. The zero-order valence-electron chi connectivity index (χ0n) is 24.0. The van der Waals surface area contributed by atoms with E-state index in [9.17, 15) is 22.8 Å². The maximum absolute atomic E-state index is 13.2. The van der Waals surface area contributed by atoms with Crippen LogP contribution in [0.1, 0.15) is 61.1 Å². The summed E-state index contributed by atoms with van der Waals surface area (Å²) in [7, 11) is -2.69. The molecule has 1 aliphatic heterocycles. The Morgan fingerprint density at radius 2 is 1.60 bits per heavy atom. The van der Waals surface area contributed by atoms with Crippen molar-refractivity contribution in [3.8, 4) is 0 Å². The second-order valence-electron chi connectivity index (χ2n) is 10.9. The lowest BCUT2D eigenvalue weighted by Crippen LogP contribution is -2.41. The fraction of sp³-hybridized carbons (Fsp3) is 0.323. The first kappa shape index (κ1) is 30.7. The third kappa shape index (κ3) is 7.34. The molecule has 1 heterocycles. The van der Waals surface area contributed by atoms with Crippen molar-refractivity contribution in [2.24, 2.45) is 0 Å². The minimum absolute atomic E-state index is 0.0113. The zero-order chi connectivity index (χ0) is 30.5. The van der Waals surface area contributed by atoms with Gasteiger partial charge in [0.1, 0.15) is 11.6 Å². The number of amides is 2. The maximum atomic E-state index is 13.2. The number of hydrogen-bond acceptors (Lipinski definition) is 7. The van der Waals surface area contributed by atoms with Crippen LogP contribution in [0.4, 0.5) is 10.5 Å². The number of sulfonamides is 1. The van der Waals surface area contributed by atoms with E-state index in [1.54, 1.807) is 39.0 Å². The lowest BCUT2D eigenvalue weighted by atomic mass is 9.97. The second kappa shape index (κ2) is 12.7. The lowest BCUT2D eigenvalue weighted by molar-refractivity contribution is -0.144. The normalized spacial score (nSPS) is 16.3. The molecule has 0 aliphatic carbocycles. The SMILES string of the molecule is COC(=O)C1CCCN1S(=O)(=O)c1ccc(NC(=O)c2cccc(C(NC(=O)OC(C)(C)C)c3ccccc3)c2)cc1. The third-order valence-corrected chi connectivity index (χ3v) is 8.59. The van der Waals surface area contributed by atoms with Gasteiger partial charge in [0.2, 0.25) is 10.0 Å². The van der Waals surface area contributed by atoms with E-state index >= 15 is 0 Å². The highest BCUT2D eigenvalue weighted by atomic mass is 32.2. The van der Waals surface area contributed by atoms with Gasteiger partial charge in [-0.15, -0.1) is 0 Å². The van der Waals surface area contributed by atoms with E-state index in [0.717, 1.165) is 9.87 Å². The molecule has 0 aromatic heterocycles. The first-order valence-corrected chi connectivity index (χ1v) is 15.0. The van der Waals surface area contributed by atoms with Crippen LogP contribution >= 0.6 is 0 Å². The van der Waals surface area contributed by atoms with Gasteiger partial charge >= 0.3 is 12.1 Å². The molecule has 1 aliphatic rings. The van der Waals surface area contributed by atoms with Gasteiger partial charge in [0.05, 0.1) is 18.0 Å². The molecular formula is C31H35N3O7S. The molecule has 4 rings (SSSR count). The number of anilines is 1. The Balaban J connectivity index is 1.51. The van der Waals surface area contributed by atoms with Crippen LogP contribution in [0.15, 0.2) is 83.8 Å². The molecule has 2 amide bonds. The van der Waals surface area contributed by atoms with Gasteiger partial charge in [-0.3, -0.25) is 9.59 Å². The van der Waals surface area contributed by atoms with Crippen molar-refractivity contribution in [3.63, 3.8) is 0 Å². The predicted molar refractivity (Wildman–Crippen MR) is 157 cm³/mol. The summed E-state index contributed by atoms with van der Waals surface area (Å²) in [6, 6.07) is 20.6. The lowest BCUT2D eigenvalue weighted by Gasteiger charge is -2.24. The Hall–Kier alpha value is -4.22. The molecule has 2 N–H and O–H groups in total. The van der Waals surface area contributed by atoms with Crippen LogP contribution in [0.3, 0.4) is 0 Å². The van der Waals surface area contributed by atoms with Crippen molar-refractivity contribution in [1.29, 1.82) is 0 Å². The predicted octanol–water partition coefficient (Wildman–Crippen LogP) is 4.88. The van der Waals surface area contributed by atoms with Gasteiger partial charge in [-0.1, -0.05) is 42.5 Å². The second-order valence-corrected chi connectivity index (χ2v) is 12.8. The Bertz CT molecular complexity index is 1530. The molecule has 0 bridgehead atoms. The summed E-state index contributed by atoms with van der Waals surface area (Å²) in [5.41, 5.74) is 1.53. The van der Waals surface area contributed by atoms with Crippen LogP contribution in [0, 0.1) is 0 Å². The van der Waals surface area contributed by atoms with Gasteiger partial charge in [-0.05, 0) is 81.1 Å². The van der Waals surface area contributed by atoms with Crippen molar-refractivity contribution in [2.45, 2.75) is 56.2 Å². The maximum Gasteiger partial charge on any atom is 0.408 e. The summed E-state index contributed by atoms with van der Waals surface area (Å²) in [6.07, 6.45) is 0.371. The van der Waals surface area contributed by atoms with E-state index in [0.29, 0.717) is 29.7 Å². The average molecular weight is 594 g/mol. The Labute approximate surface area is 246 Å². The van der Waals surface area contributed by atoms with Crippen LogP contribution in [0.5, 0.6) is 0 Å². The van der Waals surface area contributed by atoms with E-state index in [1.165, 1.54) is 31.4 Å². The van der Waals surface area contributed by atoms with Crippen molar-refractivity contribution < 1.29 is 32.3 Å². The number of rotatable bonds is 8. The molecule has 10 nitrogen and oxygen atoms in total. The van der Waals surface area contributed by atoms with Gasteiger partial charge in [-0.2, -0.15) is 4.31 Å². The number of ether oxygens (including phenoxy) is 2. The number of hydrogen-bond donors (Lipinski definition) is 2. The fourth-order valence-corrected chi connectivity index (χ4v) is 6.38. The zero-order valence-corrected chi connectivity index (χ0v) is 24.8. The van der Waals surface area contributed by atoms with Gasteiger partial charge < -0.3 is 20.1 Å². The van der Waals surface area contributed by atoms with Gasteiger partial charge in [0.25, 0.3) is 5.91 Å². The highest BCUT2D eigenvalue weighted by Crippen LogP contribution is 2.28. The molecule has 42 heavy (non-hydrogen) atoms. The van der Waals surface area contributed by atoms with Gasteiger partial charge in [0.15, 0.2) is 0 Å². The largest absolute Gasteiger partial charge is 0.468 e. The molecule has 0 saturated carbocycles. The van der Waals surface area contributed by atoms with E-state index in [1.807, 2.05) is 36.4 Å². The molecule has 3 aromatic rings. The first-order chi connectivity index (χ1) is 19.9. The summed E-state index contributed by atoms with van der Waals surface area (Å²) < 4.78 is 37.8. The standard InChI is InChI=1S/C31H35N3O7S/c1-31(2,3)41-30(37)33-27(21-10-6-5-7-11-21)22-12-8-13-23(20-22)28(35)32-24-15-17-25(18-16-24)42(38,39)34-19-9-14-26(34)29(36)40-4/h5-8,10-13,15-18,20,26-27H,9,14,19H2,1-4H3,(H,32,35)(H,33,37). The van der Waals surface area contributed by atoms with Gasteiger partial charge in [0, 0.05) is 17.8 Å². The summed E-state index contributed by atoms with van der Waals surface area (Å²) in [6.45, 7) is 5.57. The molecule has 0 radical (unpaired) electrons. The fourth-order valence-electron chi connectivity index (χ4n) is 4.74. The van der Waals surface area contributed by atoms with Crippen molar-refractivity contribution in [1.82, 2.24) is 9.62 Å². The minimum Gasteiger partial charge on any atom is -0.468 e. The van der Waals surface area contributed by atoms with Crippen LogP contribution in [-0.4, -0.2) is 56.0 Å². The average Bonchev–Trinajstić information content (AvgIpc) is 3.47. The van der Waals surface area contributed by atoms with Crippen LogP contribution < -0.4 is 10.6 Å². The summed E-state index contributed by atoms with van der Waals surface area (Å²) in [5, 5.41) is 5.68. The molecule has 0 spiro atoms. The topological polar surface area (TPSA) is 131 Å². The number of benzene rings is 3. The Kier molecular flexibility index (Phi) is 9.33. The smallest absolute Gasteiger partial charge is 0.408 e. The molecule has 222 valence electrons. The molecular weight excluding hydrogens is 558 g/mol. The molecule has 1 saturated heterocycles. The number of carbonyl (C=O) groups is 3. The number of esters is 1. The van der Waals surface area contributed by atoms with Gasteiger partial charge in [-0.25, -0.2) is 13.2 Å². The summed E-state index contributed by atoms with van der Waals surface area (Å²) in [5.74, 6) is -1.00. The third-order valence-electron chi connectivity index (χ3n) is 6.67. The molecule has 11 heteroatoms. The first-order valence-electron chi connectivity index (χ1n) is 13.5. The molecule has 2 atom stereocenters. The molecule has 1 fully saturated rings. The number of carbonyl (C=O) groups excluding carboxylic acids is 3. The quantitative estimate of drug-likeness (QED) is 0.356. The van der Waals surface area contributed by atoms with Crippen LogP contribution in [0.25, 0.3) is 0 Å². The number of nitrogens with zero attached hydrogens (tertiary/aromatic N) is 1. The summed E-state index contributed by atoms with van der Waals surface area (Å²) >= 11 is 0. The molecule has 2 unspecified atom stereocenters. The van der Waals surface area contributed by atoms with E-state index < -0.39 is 45.7 Å². The number of nitrogens with one attached hydrogen (secondary N) is 2. The Morgan fingerprint density at radius 1 is 0.929 bits per heavy atom. The van der Waals surface area contributed by atoms with E-state index in [-0.39, 0.29) is 11.4 Å². The highest BCUT2D eigenvalue weighted by molar-refractivity contribution is 7.89. The monoisotopic (exact) mass is 593 g/mol. The van der Waals surface area contributed by atoms with Crippen molar-refractivity contribution >= 4 is 33.7 Å². The molecule has 3 aromatic carbocycles. The van der Waals surface area contributed by atoms with Crippen LogP contribution in [-0.2, 0) is 24.3 Å². The Morgan fingerprint density at radius 3 is 2.24 bits per heavy atom. The highest BCUT2D eigenvalue weighted by Gasteiger charge is 2.40. The van der Waals surface area contributed by atoms with Crippen molar-refractivity contribution in [2.75, 3.05) is 19.0 Å².